The van der Waals surface area contributed by atoms with Gasteiger partial charge in [0.15, 0.2) is 0 Å². The molecular formula is C20H27BrN4O3S2. The van der Waals surface area contributed by atoms with Crippen molar-refractivity contribution in [2.24, 2.45) is 11.1 Å². The van der Waals surface area contributed by atoms with E-state index >= 15 is 0 Å². The van der Waals surface area contributed by atoms with Crippen LogP contribution in [0.15, 0.2) is 21.0 Å². The van der Waals surface area contributed by atoms with E-state index in [1.807, 2.05) is 0 Å². The third kappa shape index (κ3) is 4.04. The van der Waals surface area contributed by atoms with Crippen LogP contribution in [0.5, 0.6) is 0 Å². The fourth-order valence-corrected chi connectivity index (χ4v) is 6.84. The maximum Gasteiger partial charge on any atom is 0.327 e. The van der Waals surface area contributed by atoms with E-state index in [-0.39, 0.29) is 4.24 Å². The van der Waals surface area contributed by atoms with E-state index in [9.17, 15) is 14.1 Å². The molecule has 4 rings (SSSR count). The highest BCUT2D eigenvalue weighted by Crippen LogP contribution is 2.49. The smallest absolute Gasteiger partial charge is 0.327 e. The number of hydrogen-bond donors (Lipinski definition) is 4. The first-order valence-electron chi connectivity index (χ1n) is 9.98. The van der Waals surface area contributed by atoms with Gasteiger partial charge in [-0.15, -0.1) is 0 Å². The Hall–Kier alpha value is -1.07. The molecule has 1 saturated carbocycles. The number of benzene rings is 1. The third-order valence-corrected chi connectivity index (χ3v) is 9.87. The van der Waals surface area contributed by atoms with Crippen LogP contribution in [0.1, 0.15) is 56.2 Å². The molecular weight excluding hydrogens is 488 g/mol. The van der Waals surface area contributed by atoms with E-state index < -0.39 is 26.9 Å². The van der Waals surface area contributed by atoms with Gasteiger partial charge in [0.05, 0.1) is 5.60 Å². The Labute approximate surface area is 190 Å². The zero-order chi connectivity index (χ0) is 22.0. The number of halogens is 1. The molecule has 1 fully saturated rings. The Morgan fingerprint density at radius 1 is 1.43 bits per heavy atom. The fourth-order valence-electron chi connectivity index (χ4n) is 4.09. The normalized spacial score (nSPS) is 23.9. The molecule has 0 radical (unpaired) electrons. The maximum absolute atomic E-state index is 13.3. The van der Waals surface area contributed by atoms with Crippen LogP contribution in [0, 0.1) is 10.7 Å². The second-order valence-corrected chi connectivity index (χ2v) is 12.8. The molecule has 1 aliphatic heterocycles. The van der Waals surface area contributed by atoms with Crippen LogP contribution in [-0.4, -0.2) is 31.2 Å². The lowest BCUT2D eigenvalue weighted by atomic mass is 9.81. The largest absolute Gasteiger partial charge is 0.387 e. The van der Waals surface area contributed by atoms with Gasteiger partial charge >= 0.3 is 6.03 Å². The van der Waals surface area contributed by atoms with Crippen molar-refractivity contribution in [1.82, 2.24) is 4.90 Å². The van der Waals surface area contributed by atoms with Crippen LogP contribution < -0.4 is 10.5 Å². The van der Waals surface area contributed by atoms with E-state index in [2.05, 4.69) is 34.2 Å². The Kier molecular flexibility index (Phi) is 5.54. The van der Waals surface area contributed by atoms with Crippen LogP contribution in [0.2, 0.25) is 0 Å². The number of nitrogens with one attached hydrogen (secondary N) is 2. The van der Waals surface area contributed by atoms with Gasteiger partial charge in [-0.3, -0.25) is 4.90 Å². The third-order valence-electron chi connectivity index (χ3n) is 6.06. The summed E-state index contributed by atoms with van der Waals surface area (Å²) < 4.78 is 20.9. The van der Waals surface area contributed by atoms with E-state index in [1.54, 1.807) is 13.8 Å². The number of thioether (sulfide) groups is 1. The lowest BCUT2D eigenvalue weighted by Crippen LogP contribution is -2.47. The summed E-state index contributed by atoms with van der Waals surface area (Å²) in [4.78, 5) is 14.6. The summed E-state index contributed by atoms with van der Waals surface area (Å²) in [5.74, 6) is 0.969. The minimum absolute atomic E-state index is 0.0835. The predicted octanol–water partition coefficient (Wildman–Crippen LogP) is 4.46. The molecule has 0 spiro atoms. The molecule has 1 aromatic rings. The van der Waals surface area contributed by atoms with Crippen LogP contribution in [0.25, 0.3) is 0 Å². The summed E-state index contributed by atoms with van der Waals surface area (Å²) in [6, 6.07) is 1.70. The molecule has 2 unspecified atom stereocenters. The molecule has 30 heavy (non-hydrogen) atoms. The van der Waals surface area contributed by atoms with Crippen molar-refractivity contribution in [2.75, 3.05) is 5.32 Å². The molecule has 5 N–H and O–H groups in total. The zero-order valence-electron chi connectivity index (χ0n) is 17.2. The number of aliphatic hydroxyl groups is 1. The number of fused-ring (bicyclic) bond motifs is 1. The van der Waals surface area contributed by atoms with Crippen molar-refractivity contribution >= 4 is 49.3 Å². The molecule has 164 valence electrons. The minimum atomic E-state index is -3.48. The van der Waals surface area contributed by atoms with Crippen molar-refractivity contribution < 1.29 is 14.1 Å². The van der Waals surface area contributed by atoms with Gasteiger partial charge in [-0.25, -0.2) is 18.9 Å². The van der Waals surface area contributed by atoms with Gasteiger partial charge in [0.1, 0.15) is 19.5 Å². The van der Waals surface area contributed by atoms with Crippen LogP contribution >= 0.6 is 27.7 Å². The van der Waals surface area contributed by atoms with Crippen molar-refractivity contribution in [1.29, 1.82) is 4.78 Å². The summed E-state index contributed by atoms with van der Waals surface area (Å²) in [7, 11) is -3.48. The molecule has 3 atom stereocenters. The number of carbonyl (C=O) groups is 1. The number of amides is 2. The van der Waals surface area contributed by atoms with Crippen molar-refractivity contribution in [3.63, 3.8) is 0 Å². The average Bonchev–Trinajstić information content (AvgIpc) is 3.31. The standard InChI is InChI=1S/C20H27BrN4O3S2/c1-10(11-4-5-11)14-8-15(21)12-6-7-13(12)17(14)24-19(26)25-9-16(30(22,23)28)29-18(25)20(2,3)27/h8-11,18,27H,4-7H2,1-3H3,(H,24,26)(H3,22,23,28)/t10-,18?/m0/s1. The Morgan fingerprint density at radius 3 is 2.57 bits per heavy atom. The number of carbonyl (C=O) groups excluding carboxylic acids is 1. The molecule has 7 nitrogen and oxygen atoms in total. The van der Waals surface area contributed by atoms with Gasteiger partial charge < -0.3 is 10.4 Å². The SMILES string of the molecule is C[C@H](c1cc(Br)c2c(c1NC(=O)N1C=C(S(=N)(N)=O)SC1C(C)(C)O)CC2)C1CC1. The summed E-state index contributed by atoms with van der Waals surface area (Å²) in [6.45, 7) is 5.36. The highest BCUT2D eigenvalue weighted by atomic mass is 79.9. The number of nitrogens with zero attached hydrogens (tertiary/aromatic N) is 1. The number of rotatable bonds is 5. The van der Waals surface area contributed by atoms with Gasteiger partial charge in [0.2, 0.25) is 0 Å². The average molecular weight is 515 g/mol. The van der Waals surface area contributed by atoms with Crippen molar-refractivity contribution in [3.8, 4) is 0 Å². The molecule has 0 aromatic heterocycles. The topological polar surface area (TPSA) is 120 Å². The molecule has 2 amide bonds. The molecule has 10 heteroatoms. The van der Waals surface area contributed by atoms with Crippen LogP contribution in [0.4, 0.5) is 10.5 Å². The van der Waals surface area contributed by atoms with Gasteiger partial charge in [0.25, 0.3) is 0 Å². The molecule has 0 saturated heterocycles. The first-order valence-corrected chi connectivity index (χ1v) is 13.3. The Balaban J connectivity index is 1.69. The predicted molar refractivity (Wildman–Crippen MR) is 124 cm³/mol. The first kappa shape index (κ1) is 22.1. The fraction of sp³-hybridized carbons (Fsp3) is 0.550. The molecule has 1 heterocycles. The number of nitrogens with two attached hydrogens (primary N) is 1. The van der Waals surface area contributed by atoms with E-state index in [4.69, 9.17) is 9.92 Å². The van der Waals surface area contributed by atoms with Gasteiger partial charge in [0, 0.05) is 16.4 Å². The lowest BCUT2D eigenvalue weighted by Gasteiger charge is -2.34. The Bertz CT molecular complexity index is 1050. The van der Waals surface area contributed by atoms with E-state index in [1.165, 1.54) is 29.5 Å². The number of urea groups is 1. The van der Waals surface area contributed by atoms with Crippen LogP contribution in [0.3, 0.4) is 0 Å². The van der Waals surface area contributed by atoms with Gasteiger partial charge in [-0.05, 0) is 74.1 Å². The van der Waals surface area contributed by atoms with Gasteiger partial charge in [-0.2, -0.15) is 0 Å². The molecule has 3 aliphatic rings. The second-order valence-electron chi connectivity index (χ2n) is 8.92. The summed E-state index contributed by atoms with van der Waals surface area (Å²) in [5.41, 5.74) is 3.07. The summed E-state index contributed by atoms with van der Waals surface area (Å²) in [6.07, 6.45) is 5.62. The van der Waals surface area contributed by atoms with Gasteiger partial charge in [-0.1, -0.05) is 34.6 Å². The highest BCUT2D eigenvalue weighted by Gasteiger charge is 2.42. The monoisotopic (exact) mass is 514 g/mol. The Morgan fingerprint density at radius 2 is 2.07 bits per heavy atom. The minimum Gasteiger partial charge on any atom is -0.387 e. The van der Waals surface area contributed by atoms with Crippen LogP contribution in [-0.2, 0) is 22.8 Å². The van der Waals surface area contributed by atoms with E-state index in [0.29, 0.717) is 11.8 Å². The highest BCUT2D eigenvalue weighted by molar-refractivity contribution is 9.10. The molecule has 2 aliphatic carbocycles. The lowest BCUT2D eigenvalue weighted by molar-refractivity contribution is 0.0470. The van der Waals surface area contributed by atoms with Crippen molar-refractivity contribution in [2.45, 2.75) is 63.3 Å². The van der Waals surface area contributed by atoms with Crippen molar-refractivity contribution in [3.05, 3.63) is 37.7 Å². The quantitative estimate of drug-likeness (QED) is 0.463. The summed E-state index contributed by atoms with van der Waals surface area (Å²) in [5, 5.41) is 18.4. The molecule has 0 bridgehead atoms. The zero-order valence-corrected chi connectivity index (χ0v) is 20.4. The molecule has 1 aromatic carbocycles. The summed E-state index contributed by atoms with van der Waals surface area (Å²) >= 11 is 4.68. The maximum atomic E-state index is 13.3. The number of anilines is 1. The van der Waals surface area contributed by atoms with E-state index in [0.717, 1.165) is 45.9 Å². The number of hydrogen-bond acceptors (Lipinski definition) is 5. The second kappa shape index (κ2) is 7.51. The first-order chi connectivity index (χ1) is 13.9.